The minimum absolute atomic E-state index is 0.0985. The lowest BCUT2D eigenvalue weighted by molar-refractivity contribution is -0.141. The molecule has 0 aliphatic rings. The van der Waals surface area contributed by atoms with E-state index in [0.29, 0.717) is 0 Å². The summed E-state index contributed by atoms with van der Waals surface area (Å²) in [5.74, 6) is -0.662. The van der Waals surface area contributed by atoms with E-state index in [1.165, 1.54) is 4.90 Å². The Labute approximate surface area is 209 Å². The predicted molar refractivity (Wildman–Crippen MR) is 138 cm³/mol. The van der Waals surface area contributed by atoms with Crippen molar-refractivity contribution in [1.29, 1.82) is 0 Å². The molecular formula is C28H39N3O4. The second-order valence-electron chi connectivity index (χ2n) is 10.2. The monoisotopic (exact) mass is 481 g/mol. The summed E-state index contributed by atoms with van der Waals surface area (Å²) >= 11 is 0. The van der Waals surface area contributed by atoms with Crippen LogP contribution in [0.15, 0.2) is 48.5 Å². The Kier molecular flexibility index (Phi) is 9.46. The van der Waals surface area contributed by atoms with Crippen LogP contribution in [0.2, 0.25) is 0 Å². The molecule has 190 valence electrons. The van der Waals surface area contributed by atoms with Crippen LogP contribution in [0.3, 0.4) is 0 Å². The van der Waals surface area contributed by atoms with Crippen molar-refractivity contribution in [1.82, 2.24) is 15.5 Å². The van der Waals surface area contributed by atoms with Gasteiger partial charge >= 0.3 is 6.09 Å². The van der Waals surface area contributed by atoms with Crippen molar-refractivity contribution < 1.29 is 19.1 Å². The third-order valence-electron chi connectivity index (χ3n) is 5.63. The van der Waals surface area contributed by atoms with E-state index < -0.39 is 23.8 Å². The highest BCUT2D eigenvalue weighted by Crippen LogP contribution is 2.26. The number of aryl methyl sites for hydroxylation is 1. The molecule has 0 aliphatic carbocycles. The van der Waals surface area contributed by atoms with Crippen LogP contribution in [0.4, 0.5) is 4.79 Å². The van der Waals surface area contributed by atoms with Gasteiger partial charge in [0, 0.05) is 19.5 Å². The molecule has 0 fully saturated rings. The van der Waals surface area contributed by atoms with Crippen LogP contribution < -0.4 is 10.6 Å². The van der Waals surface area contributed by atoms with E-state index in [1.54, 1.807) is 27.8 Å². The third kappa shape index (κ3) is 8.12. The highest BCUT2D eigenvalue weighted by atomic mass is 16.6. The van der Waals surface area contributed by atoms with E-state index in [0.717, 1.165) is 22.3 Å². The first-order valence-electron chi connectivity index (χ1n) is 12.0. The van der Waals surface area contributed by atoms with Crippen molar-refractivity contribution in [3.8, 4) is 0 Å². The molecule has 0 heterocycles. The number of carbonyl (C=O) groups is 3. The Hall–Kier alpha value is -3.35. The van der Waals surface area contributed by atoms with Crippen molar-refractivity contribution in [2.24, 2.45) is 0 Å². The Morgan fingerprint density at radius 3 is 2.14 bits per heavy atom. The zero-order valence-corrected chi connectivity index (χ0v) is 22.1. The van der Waals surface area contributed by atoms with Gasteiger partial charge in [-0.05, 0) is 70.7 Å². The highest BCUT2D eigenvalue weighted by molar-refractivity contribution is 5.92. The van der Waals surface area contributed by atoms with Crippen LogP contribution >= 0.6 is 0 Å². The molecule has 2 aromatic carbocycles. The van der Waals surface area contributed by atoms with Crippen LogP contribution in [0.5, 0.6) is 0 Å². The van der Waals surface area contributed by atoms with E-state index in [2.05, 4.69) is 10.6 Å². The molecule has 0 saturated carbocycles. The molecular weight excluding hydrogens is 442 g/mol. The van der Waals surface area contributed by atoms with E-state index >= 15 is 0 Å². The van der Waals surface area contributed by atoms with Gasteiger partial charge in [0.1, 0.15) is 17.7 Å². The molecule has 2 N–H and O–H groups in total. The molecule has 7 nitrogen and oxygen atoms in total. The fourth-order valence-electron chi connectivity index (χ4n) is 3.83. The van der Waals surface area contributed by atoms with Crippen LogP contribution in [0.1, 0.15) is 62.9 Å². The Morgan fingerprint density at radius 1 is 0.943 bits per heavy atom. The maximum Gasteiger partial charge on any atom is 0.408 e. The topological polar surface area (TPSA) is 87.7 Å². The number of nitrogens with zero attached hydrogens (tertiary/aromatic N) is 1. The number of hydrogen-bond donors (Lipinski definition) is 2. The largest absolute Gasteiger partial charge is 0.444 e. The van der Waals surface area contributed by atoms with Crippen molar-refractivity contribution in [2.75, 3.05) is 7.05 Å². The number of likely N-dealkylation sites (N-methyl/N-ethyl adjacent to an activating group) is 1. The smallest absolute Gasteiger partial charge is 0.408 e. The molecule has 2 rings (SSSR count). The van der Waals surface area contributed by atoms with E-state index in [4.69, 9.17) is 4.74 Å². The molecule has 2 aromatic rings. The molecule has 2 atom stereocenters. The average molecular weight is 482 g/mol. The zero-order chi connectivity index (χ0) is 26.3. The summed E-state index contributed by atoms with van der Waals surface area (Å²) in [6, 6.07) is 13.3. The van der Waals surface area contributed by atoms with Crippen molar-refractivity contribution in [2.45, 2.75) is 78.6 Å². The number of ether oxygens (including phenoxy) is 1. The van der Waals surface area contributed by atoms with Gasteiger partial charge in [-0.25, -0.2) is 4.79 Å². The predicted octanol–water partition coefficient (Wildman–Crippen LogP) is 4.46. The van der Waals surface area contributed by atoms with Gasteiger partial charge in [-0.15, -0.1) is 0 Å². The number of hydrogen-bond acceptors (Lipinski definition) is 4. The Bertz CT molecular complexity index is 1030. The van der Waals surface area contributed by atoms with Gasteiger partial charge < -0.3 is 20.3 Å². The number of rotatable bonds is 8. The lowest BCUT2D eigenvalue weighted by atomic mass is 9.95. The molecule has 0 radical (unpaired) electrons. The molecule has 3 amide bonds. The second-order valence-corrected chi connectivity index (χ2v) is 10.2. The summed E-state index contributed by atoms with van der Waals surface area (Å²) in [5.41, 5.74) is 2.88. The normalized spacial score (nSPS) is 13.1. The van der Waals surface area contributed by atoms with E-state index in [-0.39, 0.29) is 24.3 Å². The number of benzene rings is 2. The highest BCUT2D eigenvalue weighted by Gasteiger charge is 2.35. The minimum atomic E-state index is -0.920. The van der Waals surface area contributed by atoms with Gasteiger partial charge in [0.15, 0.2) is 0 Å². The first-order valence-corrected chi connectivity index (χ1v) is 12.0. The fraction of sp³-hybridized carbons (Fsp3) is 0.464. The first-order chi connectivity index (χ1) is 16.3. The minimum Gasteiger partial charge on any atom is -0.444 e. The maximum atomic E-state index is 13.8. The lowest BCUT2D eigenvalue weighted by Crippen LogP contribution is -2.53. The van der Waals surface area contributed by atoms with Gasteiger partial charge in [-0.1, -0.05) is 48.5 Å². The van der Waals surface area contributed by atoms with Gasteiger partial charge in [-0.3, -0.25) is 9.59 Å². The fourth-order valence-corrected chi connectivity index (χ4v) is 3.83. The molecule has 0 spiro atoms. The summed E-state index contributed by atoms with van der Waals surface area (Å²) in [5, 5.41) is 5.67. The van der Waals surface area contributed by atoms with Crippen molar-refractivity contribution in [3.63, 3.8) is 0 Å². The molecule has 0 bridgehead atoms. The van der Waals surface area contributed by atoms with Gasteiger partial charge in [-0.2, -0.15) is 0 Å². The number of alkyl carbamates (subject to hydrolysis) is 1. The Morgan fingerprint density at radius 2 is 1.57 bits per heavy atom. The van der Waals surface area contributed by atoms with Crippen LogP contribution in [0.25, 0.3) is 0 Å². The first kappa shape index (κ1) is 27.9. The van der Waals surface area contributed by atoms with Gasteiger partial charge in [0.2, 0.25) is 11.8 Å². The maximum absolute atomic E-state index is 13.8. The number of carbonyl (C=O) groups excluding carboxylic acids is 3. The zero-order valence-electron chi connectivity index (χ0n) is 22.1. The summed E-state index contributed by atoms with van der Waals surface area (Å²) in [4.78, 5) is 41.2. The molecule has 0 saturated heterocycles. The van der Waals surface area contributed by atoms with Gasteiger partial charge in [0.05, 0.1) is 0 Å². The van der Waals surface area contributed by atoms with Crippen molar-refractivity contribution in [3.05, 3.63) is 70.8 Å². The SMILES string of the molecule is Cc1cccc(C(C(=O)NC(C)C)N(C)C(=O)C(Cc2ccccc2)NC(=O)OC(C)(C)C)c1C. The average Bonchev–Trinajstić information content (AvgIpc) is 2.74. The molecule has 0 aromatic heterocycles. The lowest BCUT2D eigenvalue weighted by Gasteiger charge is -2.33. The van der Waals surface area contributed by atoms with Crippen LogP contribution in [-0.4, -0.2) is 47.5 Å². The Balaban J connectivity index is 2.44. The summed E-state index contributed by atoms with van der Waals surface area (Å²) in [6.07, 6.45) is -0.427. The summed E-state index contributed by atoms with van der Waals surface area (Å²) in [6.45, 7) is 13.0. The molecule has 7 heteroatoms. The van der Waals surface area contributed by atoms with Crippen LogP contribution in [-0.2, 0) is 20.7 Å². The molecule has 2 unspecified atom stereocenters. The van der Waals surface area contributed by atoms with E-state index in [1.807, 2.05) is 76.2 Å². The number of nitrogens with one attached hydrogen (secondary N) is 2. The number of amides is 3. The van der Waals surface area contributed by atoms with Crippen LogP contribution in [0, 0.1) is 13.8 Å². The van der Waals surface area contributed by atoms with E-state index in [9.17, 15) is 14.4 Å². The third-order valence-corrected chi connectivity index (χ3v) is 5.63. The molecule has 35 heavy (non-hydrogen) atoms. The standard InChI is InChI=1S/C28H39N3O4/c1-18(2)29-25(32)24(22-16-12-13-19(3)20(22)4)31(8)26(33)23(17-21-14-10-9-11-15-21)30-27(34)35-28(5,6)7/h9-16,18,23-24H,17H2,1-8H3,(H,29,32)(H,30,34). The summed E-state index contributed by atoms with van der Waals surface area (Å²) < 4.78 is 5.42. The summed E-state index contributed by atoms with van der Waals surface area (Å²) in [7, 11) is 1.60. The van der Waals surface area contributed by atoms with Crippen molar-refractivity contribution >= 4 is 17.9 Å². The quantitative estimate of drug-likeness (QED) is 0.583. The second kappa shape index (κ2) is 11.9. The molecule has 0 aliphatic heterocycles. The van der Waals surface area contributed by atoms with Gasteiger partial charge in [0.25, 0.3) is 0 Å².